The molecule has 0 aliphatic carbocycles. The Balaban J connectivity index is 1.64. The van der Waals surface area contributed by atoms with Crippen LogP contribution >= 0.6 is 23.2 Å². The number of nitrogens with one attached hydrogen (secondary N) is 1. The van der Waals surface area contributed by atoms with Crippen molar-refractivity contribution in [3.8, 4) is 5.69 Å². The summed E-state index contributed by atoms with van der Waals surface area (Å²) >= 11 is 11.9. The van der Waals surface area contributed by atoms with Crippen LogP contribution in [-0.2, 0) is 9.53 Å². The van der Waals surface area contributed by atoms with Crippen molar-refractivity contribution in [2.24, 2.45) is 0 Å². The summed E-state index contributed by atoms with van der Waals surface area (Å²) in [7, 11) is 0. The summed E-state index contributed by atoms with van der Waals surface area (Å²) in [6, 6.07) is 9.82. The van der Waals surface area contributed by atoms with E-state index in [4.69, 9.17) is 27.9 Å². The molecule has 0 aliphatic heterocycles. The van der Waals surface area contributed by atoms with Crippen LogP contribution in [0.15, 0.2) is 42.6 Å². The van der Waals surface area contributed by atoms with Gasteiger partial charge in [0.15, 0.2) is 6.10 Å². The normalized spacial score (nSPS) is 11.8. The van der Waals surface area contributed by atoms with Crippen LogP contribution in [0.25, 0.3) is 5.69 Å². The van der Waals surface area contributed by atoms with Crippen molar-refractivity contribution in [2.45, 2.75) is 26.9 Å². The number of esters is 1. The van der Waals surface area contributed by atoms with Gasteiger partial charge in [0.1, 0.15) is 5.82 Å². The Morgan fingerprint density at radius 3 is 2.34 bits per heavy atom. The smallest absolute Gasteiger partial charge is 0.338 e. The standard InChI is InChI=1S/C20H18Cl2N4O3/c1-11-18(22)12(2)26(25-11)16-7-4-14(5-8-16)20(28)29-13(3)19(27)24-17-9-6-15(21)10-23-17/h4-10,13H,1-3H3,(H,23,24,27). The molecule has 29 heavy (non-hydrogen) atoms. The third-order valence-electron chi connectivity index (χ3n) is 4.18. The second-order valence-corrected chi connectivity index (χ2v) is 7.16. The average molecular weight is 433 g/mol. The van der Waals surface area contributed by atoms with Gasteiger partial charge in [0, 0.05) is 6.20 Å². The molecule has 0 bridgehead atoms. The summed E-state index contributed by atoms with van der Waals surface area (Å²) in [6.07, 6.45) is 0.403. The van der Waals surface area contributed by atoms with Gasteiger partial charge in [-0.2, -0.15) is 5.10 Å². The quantitative estimate of drug-likeness (QED) is 0.604. The molecule has 3 rings (SSSR count). The fourth-order valence-electron chi connectivity index (χ4n) is 2.57. The zero-order valence-electron chi connectivity index (χ0n) is 15.9. The van der Waals surface area contributed by atoms with E-state index in [1.807, 2.05) is 13.8 Å². The lowest BCUT2D eigenvalue weighted by atomic mass is 10.2. The van der Waals surface area contributed by atoms with Crippen molar-refractivity contribution in [3.63, 3.8) is 0 Å². The number of anilines is 1. The fraction of sp³-hybridized carbons (Fsp3) is 0.200. The first-order chi connectivity index (χ1) is 13.8. The minimum absolute atomic E-state index is 0.311. The highest BCUT2D eigenvalue weighted by Crippen LogP contribution is 2.22. The van der Waals surface area contributed by atoms with Crippen molar-refractivity contribution in [1.82, 2.24) is 14.8 Å². The number of aryl methyl sites for hydroxylation is 1. The second kappa shape index (κ2) is 8.63. The van der Waals surface area contributed by atoms with Crippen LogP contribution < -0.4 is 5.32 Å². The van der Waals surface area contributed by atoms with E-state index in [0.29, 0.717) is 21.4 Å². The molecule has 1 aromatic carbocycles. The highest BCUT2D eigenvalue weighted by atomic mass is 35.5. The molecule has 2 aromatic heterocycles. The molecular formula is C20H18Cl2N4O3. The van der Waals surface area contributed by atoms with E-state index in [9.17, 15) is 9.59 Å². The first-order valence-corrected chi connectivity index (χ1v) is 9.47. The number of hydrogen-bond donors (Lipinski definition) is 1. The average Bonchev–Trinajstić information content (AvgIpc) is 2.97. The molecular weight excluding hydrogens is 415 g/mol. The van der Waals surface area contributed by atoms with Crippen LogP contribution in [0.3, 0.4) is 0 Å². The highest BCUT2D eigenvalue weighted by molar-refractivity contribution is 6.31. The van der Waals surface area contributed by atoms with Gasteiger partial charge in [-0.1, -0.05) is 23.2 Å². The maximum atomic E-state index is 12.4. The SMILES string of the molecule is Cc1nn(-c2ccc(C(=O)OC(C)C(=O)Nc3ccc(Cl)cn3)cc2)c(C)c1Cl. The summed E-state index contributed by atoms with van der Waals surface area (Å²) in [5.41, 5.74) is 2.60. The molecule has 0 spiro atoms. The summed E-state index contributed by atoms with van der Waals surface area (Å²) < 4.78 is 6.93. The third-order valence-corrected chi connectivity index (χ3v) is 4.95. The maximum absolute atomic E-state index is 12.4. The van der Waals surface area contributed by atoms with Crippen LogP contribution in [0.4, 0.5) is 5.82 Å². The lowest BCUT2D eigenvalue weighted by Gasteiger charge is -2.13. The molecule has 9 heteroatoms. The van der Waals surface area contributed by atoms with Crippen molar-refractivity contribution in [2.75, 3.05) is 5.32 Å². The number of benzene rings is 1. The number of carbonyl (C=O) groups excluding carboxylic acids is 2. The van der Waals surface area contributed by atoms with Crippen molar-refractivity contribution in [3.05, 3.63) is 69.6 Å². The topological polar surface area (TPSA) is 86.1 Å². The Kier molecular flexibility index (Phi) is 6.20. The van der Waals surface area contributed by atoms with Gasteiger partial charge in [-0.25, -0.2) is 14.5 Å². The van der Waals surface area contributed by atoms with Gasteiger partial charge in [0.05, 0.1) is 32.7 Å². The van der Waals surface area contributed by atoms with Gasteiger partial charge in [0.2, 0.25) is 0 Å². The first-order valence-electron chi connectivity index (χ1n) is 8.72. The third kappa shape index (κ3) is 4.75. The molecule has 150 valence electrons. The molecule has 7 nitrogen and oxygen atoms in total. The van der Waals surface area contributed by atoms with Crippen LogP contribution in [-0.4, -0.2) is 32.7 Å². The Bertz CT molecular complexity index is 1050. The van der Waals surface area contributed by atoms with Crippen LogP contribution in [0.5, 0.6) is 0 Å². The molecule has 1 unspecified atom stereocenters. The van der Waals surface area contributed by atoms with Gasteiger partial charge in [0.25, 0.3) is 5.91 Å². The Hall–Kier alpha value is -2.90. The number of amides is 1. The van der Waals surface area contributed by atoms with E-state index >= 15 is 0 Å². The number of carbonyl (C=O) groups is 2. The molecule has 0 fully saturated rings. The predicted octanol–water partition coefficient (Wildman–Crippen LogP) is 4.37. The molecule has 3 aromatic rings. The summed E-state index contributed by atoms with van der Waals surface area (Å²) in [4.78, 5) is 28.5. The number of hydrogen-bond acceptors (Lipinski definition) is 5. The largest absolute Gasteiger partial charge is 0.449 e. The second-order valence-electron chi connectivity index (χ2n) is 6.34. The zero-order chi connectivity index (χ0) is 21.1. The highest BCUT2D eigenvalue weighted by Gasteiger charge is 2.20. The molecule has 0 saturated carbocycles. The van der Waals surface area contributed by atoms with E-state index < -0.39 is 18.0 Å². The molecule has 2 heterocycles. The number of halogens is 2. The van der Waals surface area contributed by atoms with E-state index in [1.165, 1.54) is 13.1 Å². The van der Waals surface area contributed by atoms with Gasteiger partial charge >= 0.3 is 5.97 Å². The van der Waals surface area contributed by atoms with Gasteiger partial charge in [-0.15, -0.1) is 0 Å². The maximum Gasteiger partial charge on any atom is 0.338 e. The van der Waals surface area contributed by atoms with E-state index in [1.54, 1.807) is 41.1 Å². The summed E-state index contributed by atoms with van der Waals surface area (Å²) in [5.74, 6) is -0.799. The van der Waals surface area contributed by atoms with E-state index in [-0.39, 0.29) is 0 Å². The first kappa shape index (κ1) is 20.8. The number of rotatable bonds is 5. The molecule has 0 saturated heterocycles. The van der Waals surface area contributed by atoms with Crippen LogP contribution in [0, 0.1) is 13.8 Å². The molecule has 1 N–H and O–H groups in total. The van der Waals surface area contributed by atoms with Crippen molar-refractivity contribution in [1.29, 1.82) is 0 Å². The van der Waals surface area contributed by atoms with E-state index in [2.05, 4.69) is 15.4 Å². The van der Waals surface area contributed by atoms with Gasteiger partial charge in [-0.3, -0.25) is 4.79 Å². The molecule has 1 atom stereocenters. The predicted molar refractivity (Wildman–Crippen MR) is 111 cm³/mol. The summed E-state index contributed by atoms with van der Waals surface area (Å²) in [6.45, 7) is 5.17. The monoisotopic (exact) mass is 432 g/mol. The molecule has 1 amide bonds. The van der Waals surface area contributed by atoms with Crippen LogP contribution in [0.2, 0.25) is 10.0 Å². The Morgan fingerprint density at radius 2 is 1.79 bits per heavy atom. The summed E-state index contributed by atoms with van der Waals surface area (Å²) in [5, 5.41) is 7.99. The molecule has 0 aliphatic rings. The lowest BCUT2D eigenvalue weighted by Crippen LogP contribution is -2.30. The van der Waals surface area contributed by atoms with E-state index in [0.717, 1.165) is 17.1 Å². The minimum atomic E-state index is -1.01. The van der Waals surface area contributed by atoms with Crippen LogP contribution in [0.1, 0.15) is 28.7 Å². The Morgan fingerprint density at radius 1 is 1.10 bits per heavy atom. The van der Waals surface area contributed by atoms with Crippen molar-refractivity contribution >= 4 is 40.9 Å². The van der Waals surface area contributed by atoms with Gasteiger partial charge < -0.3 is 10.1 Å². The number of nitrogens with zero attached hydrogens (tertiary/aromatic N) is 3. The fourth-order valence-corrected chi connectivity index (χ4v) is 2.80. The number of aromatic nitrogens is 3. The number of ether oxygens (including phenoxy) is 1. The Labute approximate surface area is 177 Å². The number of pyridine rings is 1. The lowest BCUT2D eigenvalue weighted by molar-refractivity contribution is -0.123. The molecule has 0 radical (unpaired) electrons. The van der Waals surface area contributed by atoms with Gasteiger partial charge in [-0.05, 0) is 57.2 Å². The van der Waals surface area contributed by atoms with Crippen molar-refractivity contribution < 1.29 is 14.3 Å². The zero-order valence-corrected chi connectivity index (χ0v) is 17.5. The minimum Gasteiger partial charge on any atom is -0.449 e.